The number of nitrogens with one attached hydrogen (secondary N) is 1. The highest BCUT2D eigenvalue weighted by Gasteiger charge is 2.08. The van der Waals surface area contributed by atoms with E-state index < -0.39 is 4.92 Å². The third kappa shape index (κ3) is 4.70. The van der Waals surface area contributed by atoms with Gasteiger partial charge in [0.2, 0.25) is 5.91 Å². The Morgan fingerprint density at radius 3 is 2.12 bits per heavy atom. The third-order valence-corrected chi connectivity index (χ3v) is 3.41. The molecule has 2 aromatic rings. The van der Waals surface area contributed by atoms with Gasteiger partial charge in [-0.1, -0.05) is 12.1 Å². The Labute approximate surface area is 139 Å². The number of carbonyl (C=O) groups is 1. The van der Waals surface area contributed by atoms with E-state index in [2.05, 4.69) is 5.32 Å². The van der Waals surface area contributed by atoms with Gasteiger partial charge in [-0.15, -0.1) is 0 Å². The number of rotatable bonds is 7. The van der Waals surface area contributed by atoms with E-state index in [9.17, 15) is 14.9 Å². The van der Waals surface area contributed by atoms with Crippen molar-refractivity contribution in [2.24, 2.45) is 0 Å². The van der Waals surface area contributed by atoms with E-state index in [-0.39, 0.29) is 18.0 Å². The van der Waals surface area contributed by atoms with Gasteiger partial charge >= 0.3 is 0 Å². The molecular weight excluding hydrogens is 312 g/mol. The van der Waals surface area contributed by atoms with Crippen LogP contribution in [0.5, 0.6) is 11.5 Å². The number of non-ortho nitro benzene ring substituents is 1. The molecule has 0 spiro atoms. The highest BCUT2D eigenvalue weighted by Crippen LogP contribution is 2.22. The number of amides is 1. The van der Waals surface area contributed by atoms with E-state index >= 15 is 0 Å². The van der Waals surface area contributed by atoms with Crippen molar-refractivity contribution in [1.82, 2.24) is 5.32 Å². The predicted molar refractivity (Wildman–Crippen MR) is 88.2 cm³/mol. The first-order valence-corrected chi connectivity index (χ1v) is 7.24. The molecule has 7 nitrogen and oxygen atoms in total. The zero-order valence-electron chi connectivity index (χ0n) is 13.4. The van der Waals surface area contributed by atoms with Crippen molar-refractivity contribution in [3.8, 4) is 11.5 Å². The summed E-state index contributed by atoms with van der Waals surface area (Å²) in [6, 6.07) is 11.3. The normalized spacial score (nSPS) is 10.1. The van der Waals surface area contributed by atoms with E-state index in [1.807, 2.05) is 12.1 Å². The molecule has 0 aliphatic carbocycles. The van der Waals surface area contributed by atoms with Crippen LogP contribution in [-0.2, 0) is 17.8 Å². The molecule has 7 heteroatoms. The average Bonchev–Trinajstić information content (AvgIpc) is 2.60. The molecule has 0 saturated heterocycles. The summed E-state index contributed by atoms with van der Waals surface area (Å²) in [6.45, 7) is 0.333. The highest BCUT2D eigenvalue weighted by atomic mass is 16.6. The largest absolute Gasteiger partial charge is 0.497 e. The van der Waals surface area contributed by atoms with Crippen molar-refractivity contribution in [2.75, 3.05) is 14.2 Å². The molecule has 1 amide bonds. The molecule has 0 aliphatic rings. The maximum atomic E-state index is 12.0. The smallest absolute Gasteiger partial charge is 0.269 e. The molecule has 0 atom stereocenters. The second-order valence-corrected chi connectivity index (χ2v) is 5.10. The zero-order valence-corrected chi connectivity index (χ0v) is 13.4. The number of methoxy groups -OCH3 is 2. The van der Waals surface area contributed by atoms with E-state index in [1.54, 1.807) is 32.4 Å². The van der Waals surface area contributed by atoms with Crippen LogP contribution in [0.3, 0.4) is 0 Å². The predicted octanol–water partition coefficient (Wildman–Crippen LogP) is 2.47. The van der Waals surface area contributed by atoms with Crippen molar-refractivity contribution >= 4 is 11.6 Å². The number of nitrogens with zero attached hydrogens (tertiary/aromatic N) is 1. The van der Waals surface area contributed by atoms with Crippen LogP contribution >= 0.6 is 0 Å². The monoisotopic (exact) mass is 330 g/mol. The number of hydrogen-bond donors (Lipinski definition) is 1. The van der Waals surface area contributed by atoms with Crippen LogP contribution in [0, 0.1) is 10.1 Å². The number of benzene rings is 2. The van der Waals surface area contributed by atoms with Crippen LogP contribution in [0.15, 0.2) is 42.5 Å². The van der Waals surface area contributed by atoms with Crippen molar-refractivity contribution < 1.29 is 19.2 Å². The van der Waals surface area contributed by atoms with Gasteiger partial charge < -0.3 is 14.8 Å². The molecule has 0 aromatic heterocycles. The van der Waals surface area contributed by atoms with Gasteiger partial charge in [0, 0.05) is 24.7 Å². The summed E-state index contributed by atoms with van der Waals surface area (Å²) in [5, 5.41) is 13.4. The summed E-state index contributed by atoms with van der Waals surface area (Å²) < 4.78 is 10.4. The maximum Gasteiger partial charge on any atom is 0.269 e. The summed E-state index contributed by atoms with van der Waals surface area (Å²) in [5.74, 6) is 1.12. The fourth-order valence-electron chi connectivity index (χ4n) is 2.15. The van der Waals surface area contributed by atoms with Gasteiger partial charge in [-0.05, 0) is 23.3 Å². The van der Waals surface area contributed by atoms with Gasteiger partial charge in [-0.2, -0.15) is 0 Å². The number of hydrogen-bond acceptors (Lipinski definition) is 5. The van der Waals surface area contributed by atoms with E-state index in [0.717, 1.165) is 5.56 Å². The zero-order chi connectivity index (χ0) is 17.5. The summed E-state index contributed by atoms with van der Waals surface area (Å²) in [7, 11) is 3.12. The first-order chi connectivity index (χ1) is 11.5. The summed E-state index contributed by atoms with van der Waals surface area (Å²) in [6.07, 6.45) is 0.152. The van der Waals surface area contributed by atoms with Gasteiger partial charge in [0.05, 0.1) is 25.6 Å². The molecule has 24 heavy (non-hydrogen) atoms. The Balaban J connectivity index is 1.94. The van der Waals surface area contributed by atoms with Crippen LogP contribution in [0.4, 0.5) is 5.69 Å². The van der Waals surface area contributed by atoms with E-state index in [4.69, 9.17) is 9.47 Å². The Morgan fingerprint density at radius 2 is 1.62 bits per heavy atom. The Morgan fingerprint density at radius 1 is 1.04 bits per heavy atom. The topological polar surface area (TPSA) is 90.7 Å². The van der Waals surface area contributed by atoms with Gasteiger partial charge in [-0.3, -0.25) is 14.9 Å². The SMILES string of the molecule is COc1cc(CNC(=O)Cc2ccc([N+](=O)[O-])cc2)cc(OC)c1. The molecule has 0 heterocycles. The lowest BCUT2D eigenvalue weighted by Crippen LogP contribution is -2.24. The number of ether oxygens (including phenoxy) is 2. The summed E-state index contributed by atoms with van der Waals surface area (Å²) >= 11 is 0. The fourth-order valence-corrected chi connectivity index (χ4v) is 2.15. The summed E-state index contributed by atoms with van der Waals surface area (Å²) in [5.41, 5.74) is 1.56. The number of nitro benzene ring substituents is 1. The lowest BCUT2D eigenvalue weighted by atomic mass is 10.1. The lowest BCUT2D eigenvalue weighted by molar-refractivity contribution is -0.384. The van der Waals surface area contributed by atoms with Crippen LogP contribution in [0.2, 0.25) is 0 Å². The van der Waals surface area contributed by atoms with Gasteiger partial charge in [0.1, 0.15) is 11.5 Å². The molecular formula is C17H18N2O5. The third-order valence-electron chi connectivity index (χ3n) is 3.41. The van der Waals surface area contributed by atoms with Crippen molar-refractivity contribution in [2.45, 2.75) is 13.0 Å². The Bertz CT molecular complexity index is 706. The lowest BCUT2D eigenvalue weighted by Gasteiger charge is -2.09. The van der Waals surface area contributed by atoms with Crippen molar-refractivity contribution in [1.29, 1.82) is 0 Å². The minimum absolute atomic E-state index is 0.00244. The first-order valence-electron chi connectivity index (χ1n) is 7.24. The molecule has 0 bridgehead atoms. The molecule has 1 N–H and O–H groups in total. The van der Waals surface area contributed by atoms with Crippen LogP contribution in [-0.4, -0.2) is 25.1 Å². The quantitative estimate of drug-likeness (QED) is 0.622. The van der Waals surface area contributed by atoms with Crippen molar-refractivity contribution in [3.63, 3.8) is 0 Å². The van der Waals surface area contributed by atoms with Gasteiger partial charge in [-0.25, -0.2) is 0 Å². The van der Waals surface area contributed by atoms with Crippen LogP contribution < -0.4 is 14.8 Å². The molecule has 0 saturated carbocycles. The van der Waals surface area contributed by atoms with E-state index in [1.165, 1.54) is 12.1 Å². The maximum absolute atomic E-state index is 12.0. The second kappa shape index (κ2) is 7.96. The molecule has 0 aliphatic heterocycles. The number of carbonyl (C=O) groups excluding carboxylic acids is 1. The van der Waals surface area contributed by atoms with E-state index in [0.29, 0.717) is 23.6 Å². The van der Waals surface area contributed by atoms with Gasteiger partial charge in [0.15, 0.2) is 0 Å². The molecule has 0 unspecified atom stereocenters. The molecule has 126 valence electrons. The molecule has 0 fully saturated rings. The minimum Gasteiger partial charge on any atom is -0.497 e. The second-order valence-electron chi connectivity index (χ2n) is 5.10. The van der Waals surface area contributed by atoms with Crippen LogP contribution in [0.25, 0.3) is 0 Å². The number of nitro groups is 1. The Hall–Kier alpha value is -3.09. The average molecular weight is 330 g/mol. The first kappa shape index (κ1) is 17.3. The van der Waals surface area contributed by atoms with Crippen molar-refractivity contribution in [3.05, 3.63) is 63.7 Å². The van der Waals surface area contributed by atoms with Crippen LogP contribution in [0.1, 0.15) is 11.1 Å². The van der Waals surface area contributed by atoms with Gasteiger partial charge in [0.25, 0.3) is 5.69 Å². The Kier molecular flexibility index (Phi) is 5.73. The molecule has 0 radical (unpaired) electrons. The molecule has 2 aromatic carbocycles. The fraction of sp³-hybridized carbons (Fsp3) is 0.235. The summed E-state index contributed by atoms with van der Waals surface area (Å²) in [4.78, 5) is 22.1. The standard InChI is InChI=1S/C17H18N2O5/c1-23-15-7-13(8-16(10-15)24-2)11-18-17(20)9-12-3-5-14(6-4-12)19(21)22/h3-8,10H,9,11H2,1-2H3,(H,18,20). The molecule has 2 rings (SSSR count). The highest BCUT2D eigenvalue weighted by molar-refractivity contribution is 5.78. The minimum atomic E-state index is -0.472.